The monoisotopic (exact) mass is 307 g/mol. The van der Waals surface area contributed by atoms with Gasteiger partial charge < -0.3 is 9.30 Å². The molecule has 0 spiro atoms. The van der Waals surface area contributed by atoms with Gasteiger partial charge in [0.05, 0.1) is 5.52 Å². The van der Waals surface area contributed by atoms with Gasteiger partial charge in [-0.15, -0.1) is 0 Å². The van der Waals surface area contributed by atoms with E-state index in [0.717, 1.165) is 12.3 Å². The second-order valence-corrected chi connectivity index (χ2v) is 6.03. The molecule has 0 aliphatic rings. The Balaban J connectivity index is 1.70. The van der Waals surface area contributed by atoms with Gasteiger partial charge in [0.25, 0.3) is 0 Å². The minimum absolute atomic E-state index is 0.613. The van der Waals surface area contributed by atoms with Crippen molar-refractivity contribution in [2.24, 2.45) is 0 Å². The Morgan fingerprint density at radius 3 is 2.57 bits per heavy atom. The Morgan fingerprint density at radius 2 is 1.74 bits per heavy atom. The van der Waals surface area contributed by atoms with Crippen LogP contribution in [0.2, 0.25) is 0 Å². The molecule has 1 aromatic heterocycles. The molecule has 23 heavy (non-hydrogen) atoms. The highest BCUT2D eigenvalue weighted by molar-refractivity contribution is 5.86. The minimum Gasteiger partial charge on any atom is -0.488 e. The maximum absolute atomic E-state index is 6.05. The average molecular weight is 307 g/mol. The van der Waals surface area contributed by atoms with Crippen LogP contribution in [0.3, 0.4) is 0 Å². The van der Waals surface area contributed by atoms with E-state index < -0.39 is 0 Å². The standard InChI is InChI=1S/C21H25NO/c1-2-3-4-8-15-22-16-14-19-20(22)12-9-13-21(19)23-17-18-10-6-5-7-11-18/h5-7,9-14,16H,2-4,8,15,17H2,1H3. The lowest BCUT2D eigenvalue weighted by molar-refractivity contribution is 0.310. The molecule has 0 saturated heterocycles. The number of hydrogen-bond acceptors (Lipinski definition) is 1. The van der Waals surface area contributed by atoms with Crippen LogP contribution in [0.4, 0.5) is 0 Å². The summed E-state index contributed by atoms with van der Waals surface area (Å²) in [5.74, 6) is 0.971. The first-order valence-electron chi connectivity index (χ1n) is 8.63. The lowest BCUT2D eigenvalue weighted by Gasteiger charge is -2.09. The Bertz CT molecular complexity index is 730. The van der Waals surface area contributed by atoms with E-state index in [1.54, 1.807) is 0 Å². The zero-order chi connectivity index (χ0) is 15.9. The lowest BCUT2D eigenvalue weighted by atomic mass is 10.2. The van der Waals surface area contributed by atoms with Gasteiger partial charge in [-0.1, -0.05) is 62.6 Å². The van der Waals surface area contributed by atoms with Gasteiger partial charge in [-0.25, -0.2) is 0 Å². The van der Waals surface area contributed by atoms with Crippen LogP contribution >= 0.6 is 0 Å². The van der Waals surface area contributed by atoms with Crippen LogP contribution in [0.15, 0.2) is 60.8 Å². The van der Waals surface area contributed by atoms with Crippen molar-refractivity contribution in [2.45, 2.75) is 45.8 Å². The molecule has 2 nitrogen and oxygen atoms in total. The smallest absolute Gasteiger partial charge is 0.129 e. The molecule has 0 saturated carbocycles. The fraction of sp³-hybridized carbons (Fsp3) is 0.333. The highest BCUT2D eigenvalue weighted by Crippen LogP contribution is 2.27. The van der Waals surface area contributed by atoms with Crippen LogP contribution in [0.1, 0.15) is 38.2 Å². The molecule has 0 bridgehead atoms. The van der Waals surface area contributed by atoms with Crippen LogP contribution in [0, 0.1) is 0 Å². The van der Waals surface area contributed by atoms with Crippen molar-refractivity contribution in [2.75, 3.05) is 0 Å². The summed E-state index contributed by atoms with van der Waals surface area (Å²) in [4.78, 5) is 0. The van der Waals surface area contributed by atoms with Gasteiger partial charge in [0.2, 0.25) is 0 Å². The Hall–Kier alpha value is -2.22. The summed E-state index contributed by atoms with van der Waals surface area (Å²) in [5.41, 5.74) is 2.47. The van der Waals surface area contributed by atoms with Crippen molar-refractivity contribution < 1.29 is 4.74 Å². The van der Waals surface area contributed by atoms with Crippen molar-refractivity contribution in [3.8, 4) is 5.75 Å². The van der Waals surface area contributed by atoms with Crippen LogP contribution in [0.25, 0.3) is 10.9 Å². The largest absolute Gasteiger partial charge is 0.488 e. The highest BCUT2D eigenvalue weighted by atomic mass is 16.5. The van der Waals surface area contributed by atoms with E-state index in [1.165, 1.54) is 42.1 Å². The third kappa shape index (κ3) is 3.95. The number of fused-ring (bicyclic) bond motifs is 1. The van der Waals surface area contributed by atoms with E-state index in [-0.39, 0.29) is 0 Å². The first kappa shape index (κ1) is 15.7. The van der Waals surface area contributed by atoms with E-state index in [2.05, 4.69) is 54.1 Å². The van der Waals surface area contributed by atoms with Crippen LogP contribution in [0.5, 0.6) is 5.75 Å². The van der Waals surface area contributed by atoms with E-state index in [4.69, 9.17) is 4.74 Å². The summed E-state index contributed by atoms with van der Waals surface area (Å²) >= 11 is 0. The van der Waals surface area contributed by atoms with Gasteiger partial charge in [0.15, 0.2) is 0 Å². The van der Waals surface area contributed by atoms with Crippen molar-refractivity contribution in [1.29, 1.82) is 0 Å². The van der Waals surface area contributed by atoms with Gasteiger partial charge in [-0.05, 0) is 30.2 Å². The maximum Gasteiger partial charge on any atom is 0.129 e. The van der Waals surface area contributed by atoms with Crippen molar-refractivity contribution in [1.82, 2.24) is 4.57 Å². The first-order valence-corrected chi connectivity index (χ1v) is 8.63. The number of rotatable bonds is 8. The van der Waals surface area contributed by atoms with E-state index in [0.29, 0.717) is 6.61 Å². The topological polar surface area (TPSA) is 14.2 Å². The third-order valence-electron chi connectivity index (χ3n) is 4.26. The third-order valence-corrected chi connectivity index (χ3v) is 4.26. The molecular weight excluding hydrogens is 282 g/mol. The lowest BCUT2D eigenvalue weighted by Crippen LogP contribution is -1.97. The molecular formula is C21H25NO. The molecule has 0 amide bonds. The summed E-state index contributed by atoms with van der Waals surface area (Å²) in [6, 6.07) is 18.8. The van der Waals surface area contributed by atoms with Crippen molar-refractivity contribution in [3.63, 3.8) is 0 Å². The first-order chi connectivity index (χ1) is 11.4. The number of benzene rings is 2. The highest BCUT2D eigenvalue weighted by Gasteiger charge is 2.06. The summed E-state index contributed by atoms with van der Waals surface area (Å²) in [5, 5.41) is 1.21. The fourth-order valence-electron chi connectivity index (χ4n) is 2.96. The molecule has 0 fully saturated rings. The van der Waals surface area contributed by atoms with Gasteiger partial charge in [-0.2, -0.15) is 0 Å². The molecule has 0 aliphatic carbocycles. The molecule has 120 valence electrons. The van der Waals surface area contributed by atoms with E-state index in [9.17, 15) is 0 Å². The number of aryl methyl sites for hydroxylation is 1. The van der Waals surface area contributed by atoms with Gasteiger partial charge in [0, 0.05) is 18.1 Å². The molecule has 3 aromatic rings. The number of hydrogen-bond donors (Lipinski definition) is 0. The second-order valence-electron chi connectivity index (χ2n) is 6.03. The van der Waals surface area contributed by atoms with Crippen molar-refractivity contribution in [3.05, 3.63) is 66.4 Å². The van der Waals surface area contributed by atoms with Crippen LogP contribution in [-0.2, 0) is 13.2 Å². The molecule has 0 atom stereocenters. The molecule has 1 heterocycles. The van der Waals surface area contributed by atoms with Gasteiger partial charge in [-0.3, -0.25) is 0 Å². The summed E-state index contributed by atoms with van der Waals surface area (Å²) in [7, 11) is 0. The summed E-state index contributed by atoms with van der Waals surface area (Å²) in [6.07, 6.45) is 7.34. The predicted octanol–water partition coefficient (Wildman–Crippen LogP) is 5.80. The number of aromatic nitrogens is 1. The fourth-order valence-corrected chi connectivity index (χ4v) is 2.96. The number of ether oxygens (including phenoxy) is 1. The Kier molecular flexibility index (Phi) is 5.36. The molecule has 0 radical (unpaired) electrons. The Morgan fingerprint density at radius 1 is 0.870 bits per heavy atom. The zero-order valence-electron chi connectivity index (χ0n) is 13.9. The van der Waals surface area contributed by atoms with E-state index >= 15 is 0 Å². The molecule has 0 aliphatic heterocycles. The number of nitrogens with zero attached hydrogens (tertiary/aromatic N) is 1. The minimum atomic E-state index is 0.613. The quantitative estimate of drug-likeness (QED) is 0.480. The van der Waals surface area contributed by atoms with E-state index in [1.807, 2.05) is 18.2 Å². The molecule has 2 heteroatoms. The zero-order valence-corrected chi connectivity index (χ0v) is 13.9. The van der Waals surface area contributed by atoms with Gasteiger partial charge in [0.1, 0.15) is 12.4 Å². The summed E-state index contributed by atoms with van der Waals surface area (Å²) < 4.78 is 8.40. The van der Waals surface area contributed by atoms with Crippen LogP contribution in [-0.4, -0.2) is 4.57 Å². The van der Waals surface area contributed by atoms with Gasteiger partial charge >= 0.3 is 0 Å². The van der Waals surface area contributed by atoms with Crippen LogP contribution < -0.4 is 4.74 Å². The summed E-state index contributed by atoms with van der Waals surface area (Å²) in [6.45, 7) is 3.95. The molecule has 0 N–H and O–H groups in total. The normalized spacial score (nSPS) is 11.0. The molecule has 2 aromatic carbocycles. The average Bonchev–Trinajstić information content (AvgIpc) is 3.02. The Labute approximate surface area is 138 Å². The predicted molar refractivity (Wildman–Crippen MR) is 96.9 cm³/mol. The number of unbranched alkanes of at least 4 members (excludes halogenated alkanes) is 3. The second kappa shape index (κ2) is 7.87. The molecule has 3 rings (SSSR count). The van der Waals surface area contributed by atoms with Crippen molar-refractivity contribution >= 4 is 10.9 Å². The maximum atomic E-state index is 6.05. The SMILES string of the molecule is CCCCCCn1ccc2c(OCc3ccccc3)cccc21. The molecule has 0 unspecified atom stereocenters.